The lowest BCUT2D eigenvalue weighted by molar-refractivity contribution is -0.142. The Morgan fingerprint density at radius 3 is 2.80 bits per heavy atom. The smallest absolute Gasteiger partial charge is 0.269 e. The fraction of sp³-hybridized carbons (Fsp3) is 0.667. The van der Waals surface area contributed by atoms with E-state index in [4.69, 9.17) is 0 Å². The maximum Gasteiger partial charge on any atom is 0.435 e. The predicted octanol–water partition coefficient (Wildman–Crippen LogP) is 2.71. The molecule has 84 valence electrons. The second-order valence-corrected chi connectivity index (χ2v) is 4.50. The largest absolute Gasteiger partial charge is 0.435 e. The first-order valence-electron chi connectivity index (χ1n) is 4.77. The highest BCUT2D eigenvalue weighted by Gasteiger charge is 2.39. The molecule has 6 heteroatoms. The number of hydrogen-bond donors (Lipinski definition) is 0. The quantitative estimate of drug-likeness (QED) is 0.746. The van der Waals surface area contributed by atoms with E-state index in [1.807, 2.05) is 6.92 Å². The number of hydrogen-bond acceptors (Lipinski definition) is 2. The van der Waals surface area contributed by atoms with Gasteiger partial charge in [0.05, 0.1) is 0 Å². The summed E-state index contributed by atoms with van der Waals surface area (Å²) in [5.74, 6) is 1.32. The van der Waals surface area contributed by atoms with Crippen molar-refractivity contribution < 1.29 is 13.2 Å². The number of thioether (sulfide) groups is 1. The van der Waals surface area contributed by atoms with Crippen molar-refractivity contribution in [3.05, 3.63) is 17.0 Å². The van der Waals surface area contributed by atoms with Crippen LogP contribution in [0.4, 0.5) is 13.2 Å². The lowest BCUT2D eigenvalue weighted by Gasteiger charge is -2.13. The van der Waals surface area contributed by atoms with Crippen LogP contribution >= 0.6 is 11.8 Å². The average Bonchev–Trinajstić information content (AvgIpc) is 2.55. The van der Waals surface area contributed by atoms with Gasteiger partial charge in [-0.05, 0) is 19.1 Å². The van der Waals surface area contributed by atoms with E-state index in [1.54, 1.807) is 0 Å². The summed E-state index contributed by atoms with van der Waals surface area (Å²) in [7, 11) is 0. The van der Waals surface area contributed by atoms with Gasteiger partial charge in [0.1, 0.15) is 0 Å². The number of alkyl halides is 3. The Hall–Kier alpha value is -0.650. The molecule has 1 aliphatic heterocycles. The lowest BCUT2D eigenvalue weighted by Crippen LogP contribution is -2.10. The molecule has 15 heavy (non-hydrogen) atoms. The molecule has 0 aromatic carbocycles. The van der Waals surface area contributed by atoms with Crippen LogP contribution in [0.2, 0.25) is 0 Å². The lowest BCUT2D eigenvalue weighted by atomic mass is 10.1. The number of fused-ring (bicyclic) bond motifs is 1. The van der Waals surface area contributed by atoms with Crippen LogP contribution in [0.1, 0.15) is 23.9 Å². The molecule has 1 aromatic rings. The zero-order chi connectivity index (χ0) is 11.1. The van der Waals surface area contributed by atoms with Crippen molar-refractivity contribution >= 4 is 11.8 Å². The van der Waals surface area contributed by atoms with Crippen molar-refractivity contribution in [2.45, 2.75) is 31.8 Å². The standard InChI is InChI=1S/C9H11F3N2S/c1-2-14-7-3-4-15-5-6(7)8(13-14)9(10,11)12/h2-5H2,1H3. The number of aryl methyl sites for hydroxylation is 1. The van der Waals surface area contributed by atoms with Crippen molar-refractivity contribution in [3.63, 3.8) is 0 Å². The Kier molecular flexibility index (Phi) is 2.70. The molecule has 2 nitrogen and oxygen atoms in total. The van der Waals surface area contributed by atoms with Gasteiger partial charge in [-0.1, -0.05) is 0 Å². The number of nitrogens with zero attached hydrogens (tertiary/aromatic N) is 2. The van der Waals surface area contributed by atoms with Crippen LogP contribution < -0.4 is 0 Å². The Bertz CT molecular complexity index is 370. The summed E-state index contributed by atoms with van der Waals surface area (Å²) in [5, 5.41) is 3.66. The topological polar surface area (TPSA) is 17.8 Å². The maximum atomic E-state index is 12.6. The second-order valence-electron chi connectivity index (χ2n) is 3.39. The third-order valence-corrected chi connectivity index (χ3v) is 3.45. The van der Waals surface area contributed by atoms with Crippen LogP contribution in [0, 0.1) is 0 Å². The maximum absolute atomic E-state index is 12.6. The summed E-state index contributed by atoms with van der Waals surface area (Å²) in [6.07, 6.45) is -3.63. The van der Waals surface area contributed by atoms with Crippen molar-refractivity contribution in [2.24, 2.45) is 0 Å². The first-order chi connectivity index (χ1) is 7.04. The highest BCUT2D eigenvalue weighted by molar-refractivity contribution is 7.98. The minimum absolute atomic E-state index is 0.389. The van der Waals surface area contributed by atoms with E-state index in [0.29, 0.717) is 24.3 Å². The molecule has 0 amide bonds. The molecule has 1 aliphatic rings. The molecule has 0 saturated carbocycles. The van der Waals surface area contributed by atoms with Gasteiger partial charge < -0.3 is 0 Å². The van der Waals surface area contributed by atoms with E-state index in [1.165, 1.54) is 16.4 Å². The zero-order valence-electron chi connectivity index (χ0n) is 8.26. The molecule has 2 heterocycles. The Morgan fingerprint density at radius 1 is 1.47 bits per heavy atom. The molecule has 0 unspecified atom stereocenters. The van der Waals surface area contributed by atoms with E-state index in [2.05, 4.69) is 5.10 Å². The third-order valence-electron chi connectivity index (χ3n) is 2.46. The Morgan fingerprint density at radius 2 is 2.20 bits per heavy atom. The van der Waals surface area contributed by atoms with Crippen LogP contribution in [-0.2, 0) is 24.9 Å². The normalized spacial score (nSPS) is 16.5. The molecule has 0 N–H and O–H groups in total. The monoisotopic (exact) mass is 236 g/mol. The molecular formula is C9H11F3N2S. The summed E-state index contributed by atoms with van der Waals surface area (Å²) >= 11 is 1.54. The highest BCUT2D eigenvalue weighted by Crippen LogP contribution is 2.36. The van der Waals surface area contributed by atoms with E-state index < -0.39 is 11.9 Å². The van der Waals surface area contributed by atoms with Crippen molar-refractivity contribution in [2.75, 3.05) is 5.75 Å². The summed E-state index contributed by atoms with van der Waals surface area (Å²) in [5.41, 5.74) is 0.468. The van der Waals surface area contributed by atoms with E-state index in [0.717, 1.165) is 11.4 Å². The molecule has 2 rings (SSSR count). The van der Waals surface area contributed by atoms with Gasteiger partial charge in [0.15, 0.2) is 5.69 Å². The van der Waals surface area contributed by atoms with Gasteiger partial charge in [0, 0.05) is 23.6 Å². The average molecular weight is 236 g/mol. The molecular weight excluding hydrogens is 225 g/mol. The Balaban J connectivity index is 2.52. The van der Waals surface area contributed by atoms with Crippen LogP contribution in [0.15, 0.2) is 0 Å². The van der Waals surface area contributed by atoms with Gasteiger partial charge in [0.25, 0.3) is 0 Å². The van der Waals surface area contributed by atoms with E-state index in [-0.39, 0.29) is 0 Å². The van der Waals surface area contributed by atoms with Crippen LogP contribution in [0.25, 0.3) is 0 Å². The molecule has 0 fully saturated rings. The zero-order valence-corrected chi connectivity index (χ0v) is 9.08. The van der Waals surface area contributed by atoms with Crippen LogP contribution in [0.5, 0.6) is 0 Å². The van der Waals surface area contributed by atoms with Gasteiger partial charge in [0.2, 0.25) is 0 Å². The second kappa shape index (κ2) is 3.73. The number of aromatic nitrogens is 2. The van der Waals surface area contributed by atoms with Gasteiger partial charge in [-0.3, -0.25) is 4.68 Å². The SMILES string of the molecule is CCn1nc(C(F)(F)F)c2c1CCSC2. The Labute approximate surface area is 89.8 Å². The molecule has 0 atom stereocenters. The molecule has 0 saturated heterocycles. The minimum atomic E-state index is -4.32. The van der Waals surface area contributed by atoms with Gasteiger partial charge >= 0.3 is 6.18 Å². The summed E-state index contributed by atoms with van der Waals surface area (Å²) < 4.78 is 39.4. The highest BCUT2D eigenvalue weighted by atomic mass is 32.2. The van der Waals surface area contributed by atoms with Crippen molar-refractivity contribution in [1.82, 2.24) is 9.78 Å². The van der Waals surface area contributed by atoms with E-state index in [9.17, 15) is 13.2 Å². The van der Waals surface area contributed by atoms with Crippen molar-refractivity contribution in [3.8, 4) is 0 Å². The van der Waals surface area contributed by atoms with Gasteiger partial charge in [-0.15, -0.1) is 0 Å². The first-order valence-corrected chi connectivity index (χ1v) is 5.93. The van der Waals surface area contributed by atoms with Crippen molar-refractivity contribution in [1.29, 1.82) is 0 Å². The minimum Gasteiger partial charge on any atom is -0.269 e. The molecule has 1 aromatic heterocycles. The molecule has 0 radical (unpaired) electrons. The number of halogens is 3. The molecule has 0 spiro atoms. The number of rotatable bonds is 1. The predicted molar refractivity (Wildman–Crippen MR) is 52.8 cm³/mol. The fourth-order valence-electron chi connectivity index (χ4n) is 1.80. The molecule has 0 bridgehead atoms. The first kappa shape index (κ1) is 10.9. The summed E-state index contributed by atoms with van der Waals surface area (Å²) in [6, 6.07) is 0. The van der Waals surface area contributed by atoms with Crippen LogP contribution in [0.3, 0.4) is 0 Å². The third kappa shape index (κ3) is 1.87. The summed E-state index contributed by atoms with van der Waals surface area (Å²) in [4.78, 5) is 0. The van der Waals surface area contributed by atoms with Crippen LogP contribution in [-0.4, -0.2) is 15.5 Å². The summed E-state index contributed by atoms with van der Waals surface area (Å²) in [6.45, 7) is 2.32. The van der Waals surface area contributed by atoms with Gasteiger partial charge in [-0.2, -0.15) is 30.0 Å². The molecule has 0 aliphatic carbocycles. The van der Waals surface area contributed by atoms with E-state index >= 15 is 0 Å². The fourth-order valence-corrected chi connectivity index (χ4v) is 2.79. The van der Waals surface area contributed by atoms with Gasteiger partial charge in [-0.25, -0.2) is 0 Å².